The number of carbonyl (C=O) groups is 2. The van der Waals surface area contributed by atoms with Crippen molar-refractivity contribution in [3.8, 4) is 5.75 Å². The second-order valence-electron chi connectivity index (χ2n) is 7.25. The van der Waals surface area contributed by atoms with E-state index in [1.54, 1.807) is 0 Å². The van der Waals surface area contributed by atoms with Gasteiger partial charge in [0.25, 0.3) is 5.69 Å². The van der Waals surface area contributed by atoms with Crippen LogP contribution >= 0.6 is 0 Å². The first-order valence-corrected chi connectivity index (χ1v) is 9.96. The smallest absolute Gasteiger partial charge is 0.408 e. The van der Waals surface area contributed by atoms with Crippen LogP contribution in [0.15, 0.2) is 54.6 Å². The van der Waals surface area contributed by atoms with Gasteiger partial charge < -0.3 is 14.8 Å². The summed E-state index contributed by atoms with van der Waals surface area (Å²) in [7, 11) is 0. The van der Waals surface area contributed by atoms with Crippen LogP contribution in [0.25, 0.3) is 0 Å². The minimum Gasteiger partial charge on any atom is -0.445 e. The zero-order valence-electron chi connectivity index (χ0n) is 16.5. The molecule has 1 aliphatic rings. The molecule has 8 heteroatoms. The van der Waals surface area contributed by atoms with Gasteiger partial charge in [-0.1, -0.05) is 49.6 Å². The Morgan fingerprint density at radius 3 is 2.33 bits per heavy atom. The number of carbonyl (C=O) groups excluding carboxylic acids is 2. The molecule has 1 saturated carbocycles. The molecule has 0 saturated heterocycles. The number of benzene rings is 2. The molecule has 0 aliphatic heterocycles. The normalized spacial score (nSPS) is 15.1. The van der Waals surface area contributed by atoms with E-state index in [0.29, 0.717) is 0 Å². The Labute approximate surface area is 174 Å². The highest BCUT2D eigenvalue weighted by Gasteiger charge is 2.33. The number of amides is 1. The highest BCUT2D eigenvalue weighted by molar-refractivity contribution is 5.83. The number of non-ortho nitro benzene ring substituents is 1. The first-order chi connectivity index (χ1) is 14.5. The summed E-state index contributed by atoms with van der Waals surface area (Å²) in [5.74, 6) is -0.466. The molecular weight excluding hydrogens is 388 g/mol. The number of hydrogen-bond acceptors (Lipinski definition) is 6. The molecule has 2 aromatic rings. The zero-order valence-corrected chi connectivity index (χ0v) is 16.5. The van der Waals surface area contributed by atoms with Gasteiger partial charge >= 0.3 is 12.1 Å². The Bertz CT molecular complexity index is 863. The van der Waals surface area contributed by atoms with Gasteiger partial charge in [-0.2, -0.15) is 0 Å². The Morgan fingerprint density at radius 1 is 1.03 bits per heavy atom. The largest absolute Gasteiger partial charge is 0.445 e. The first-order valence-electron chi connectivity index (χ1n) is 9.96. The molecule has 0 heterocycles. The molecule has 158 valence electrons. The average Bonchev–Trinajstić information content (AvgIpc) is 2.77. The number of rotatable bonds is 7. The molecule has 3 rings (SSSR count). The van der Waals surface area contributed by atoms with Gasteiger partial charge in [0.05, 0.1) is 4.92 Å². The fourth-order valence-corrected chi connectivity index (χ4v) is 3.54. The molecular formula is C22H24N2O6. The van der Waals surface area contributed by atoms with E-state index in [-0.39, 0.29) is 24.0 Å². The van der Waals surface area contributed by atoms with Gasteiger partial charge in [-0.3, -0.25) is 10.1 Å². The predicted octanol–water partition coefficient (Wildman–Crippen LogP) is 4.38. The van der Waals surface area contributed by atoms with E-state index in [1.165, 1.54) is 24.3 Å². The summed E-state index contributed by atoms with van der Waals surface area (Å²) in [5.41, 5.74) is 0.747. The number of nitrogens with zero attached hydrogens (tertiary/aromatic N) is 1. The fourth-order valence-electron chi connectivity index (χ4n) is 3.54. The number of alkyl carbamates (subject to hydrolysis) is 1. The van der Waals surface area contributed by atoms with E-state index in [2.05, 4.69) is 5.32 Å². The summed E-state index contributed by atoms with van der Waals surface area (Å²) < 4.78 is 10.7. The van der Waals surface area contributed by atoms with Gasteiger partial charge in [-0.05, 0) is 36.5 Å². The molecule has 1 amide bonds. The highest BCUT2D eigenvalue weighted by atomic mass is 16.6. The Hall–Kier alpha value is -3.42. The molecule has 1 fully saturated rings. The number of nitro benzene ring substituents is 1. The molecule has 0 bridgehead atoms. The number of ether oxygens (including phenoxy) is 2. The van der Waals surface area contributed by atoms with Gasteiger partial charge in [0, 0.05) is 12.1 Å². The van der Waals surface area contributed by atoms with Crippen molar-refractivity contribution in [1.82, 2.24) is 5.32 Å². The third-order valence-corrected chi connectivity index (χ3v) is 5.13. The molecule has 2 aromatic carbocycles. The lowest BCUT2D eigenvalue weighted by Crippen LogP contribution is -2.48. The van der Waals surface area contributed by atoms with E-state index < -0.39 is 23.0 Å². The second kappa shape index (κ2) is 10.4. The lowest BCUT2D eigenvalue weighted by molar-refractivity contribution is -0.384. The Balaban J connectivity index is 1.64. The van der Waals surface area contributed by atoms with Gasteiger partial charge in [0.1, 0.15) is 18.4 Å². The van der Waals surface area contributed by atoms with Crippen molar-refractivity contribution in [3.63, 3.8) is 0 Å². The minimum atomic E-state index is -0.844. The topological polar surface area (TPSA) is 108 Å². The molecule has 30 heavy (non-hydrogen) atoms. The predicted molar refractivity (Wildman–Crippen MR) is 109 cm³/mol. The maximum atomic E-state index is 12.8. The van der Waals surface area contributed by atoms with Crippen LogP contribution in [0.4, 0.5) is 10.5 Å². The van der Waals surface area contributed by atoms with Crippen molar-refractivity contribution < 1.29 is 24.0 Å². The van der Waals surface area contributed by atoms with Gasteiger partial charge in [0.2, 0.25) is 0 Å². The monoisotopic (exact) mass is 412 g/mol. The molecule has 0 spiro atoms. The van der Waals surface area contributed by atoms with Crippen LogP contribution in [0, 0.1) is 16.0 Å². The van der Waals surface area contributed by atoms with Crippen molar-refractivity contribution in [2.24, 2.45) is 5.92 Å². The highest BCUT2D eigenvalue weighted by Crippen LogP contribution is 2.28. The molecule has 0 aromatic heterocycles. The number of nitro groups is 1. The van der Waals surface area contributed by atoms with Crippen molar-refractivity contribution in [2.45, 2.75) is 44.8 Å². The summed E-state index contributed by atoms with van der Waals surface area (Å²) in [6.45, 7) is 0.0987. The number of hydrogen-bond donors (Lipinski definition) is 1. The Kier molecular flexibility index (Phi) is 7.37. The molecule has 1 aliphatic carbocycles. The lowest BCUT2D eigenvalue weighted by atomic mass is 9.84. The van der Waals surface area contributed by atoms with E-state index in [1.807, 2.05) is 30.3 Å². The zero-order chi connectivity index (χ0) is 21.3. The molecule has 0 unspecified atom stereocenters. The van der Waals surface area contributed by atoms with Crippen molar-refractivity contribution >= 4 is 17.7 Å². The summed E-state index contributed by atoms with van der Waals surface area (Å²) in [5, 5.41) is 13.4. The van der Waals surface area contributed by atoms with E-state index in [0.717, 1.165) is 37.7 Å². The molecule has 1 N–H and O–H groups in total. The molecule has 8 nitrogen and oxygen atoms in total. The van der Waals surface area contributed by atoms with Gasteiger partial charge in [0.15, 0.2) is 0 Å². The average molecular weight is 412 g/mol. The maximum Gasteiger partial charge on any atom is 0.408 e. The SMILES string of the molecule is O=C(N[C@H](C(=O)Oc1ccc([N+](=O)[O-])cc1)C1CCCCC1)OCc1ccccc1. The Morgan fingerprint density at radius 2 is 1.70 bits per heavy atom. The molecule has 0 radical (unpaired) electrons. The summed E-state index contributed by atoms with van der Waals surface area (Å²) in [6.07, 6.45) is 3.98. The second-order valence-corrected chi connectivity index (χ2v) is 7.25. The van der Waals surface area contributed by atoms with Crippen LogP contribution in [0.5, 0.6) is 5.75 Å². The lowest BCUT2D eigenvalue weighted by Gasteiger charge is -2.29. The van der Waals surface area contributed by atoms with Crippen LogP contribution in [0.1, 0.15) is 37.7 Å². The van der Waals surface area contributed by atoms with E-state index >= 15 is 0 Å². The number of nitrogens with one attached hydrogen (secondary N) is 1. The van der Waals surface area contributed by atoms with Crippen LogP contribution in [0.3, 0.4) is 0 Å². The minimum absolute atomic E-state index is 0.0476. The van der Waals surface area contributed by atoms with E-state index in [9.17, 15) is 19.7 Å². The van der Waals surface area contributed by atoms with Crippen molar-refractivity contribution in [3.05, 3.63) is 70.3 Å². The fraction of sp³-hybridized carbons (Fsp3) is 0.364. The van der Waals surface area contributed by atoms with Gasteiger partial charge in [-0.25, -0.2) is 9.59 Å². The number of esters is 1. The third kappa shape index (κ3) is 6.04. The summed E-state index contributed by atoms with van der Waals surface area (Å²) >= 11 is 0. The van der Waals surface area contributed by atoms with Crippen LogP contribution in [0.2, 0.25) is 0 Å². The first kappa shape index (κ1) is 21.3. The van der Waals surface area contributed by atoms with Crippen LogP contribution in [-0.2, 0) is 16.1 Å². The summed E-state index contributed by atoms with van der Waals surface area (Å²) in [6, 6.07) is 13.7. The van der Waals surface area contributed by atoms with Crippen molar-refractivity contribution in [1.29, 1.82) is 0 Å². The quantitative estimate of drug-likeness (QED) is 0.313. The summed E-state index contributed by atoms with van der Waals surface area (Å²) in [4.78, 5) is 35.4. The molecule has 1 atom stereocenters. The standard InChI is InChI=1S/C22H24N2O6/c25-21(30-19-13-11-18(12-14-19)24(27)28)20(17-9-5-2-6-10-17)23-22(26)29-15-16-7-3-1-4-8-16/h1,3-4,7-8,11-14,17,20H,2,5-6,9-10,15H2,(H,23,26)/t20-/m0/s1. The van der Waals surface area contributed by atoms with Crippen molar-refractivity contribution in [2.75, 3.05) is 0 Å². The van der Waals surface area contributed by atoms with Gasteiger partial charge in [-0.15, -0.1) is 0 Å². The van der Waals surface area contributed by atoms with Crippen LogP contribution < -0.4 is 10.1 Å². The van der Waals surface area contributed by atoms with E-state index in [4.69, 9.17) is 9.47 Å². The maximum absolute atomic E-state index is 12.8. The third-order valence-electron chi connectivity index (χ3n) is 5.13. The van der Waals surface area contributed by atoms with Crippen LogP contribution in [-0.4, -0.2) is 23.0 Å².